The van der Waals surface area contributed by atoms with Gasteiger partial charge in [0.2, 0.25) is 6.54 Å². The molecule has 0 saturated heterocycles. The van der Waals surface area contributed by atoms with Crippen LogP contribution in [0.25, 0.3) is 4.85 Å². The second-order valence-electron chi connectivity index (χ2n) is 2.49. The second-order valence-corrected chi connectivity index (χ2v) is 3.49. The highest BCUT2D eigenvalue weighted by atomic mass is 32.1. The first kappa shape index (κ1) is 9.75. The maximum absolute atomic E-state index is 10.9. The average molecular weight is 195 g/mol. The molecule has 0 N–H and O–H groups in total. The van der Waals surface area contributed by atoms with Gasteiger partial charge in [0.15, 0.2) is 0 Å². The van der Waals surface area contributed by atoms with Crippen LogP contribution in [-0.4, -0.2) is 13.1 Å². The van der Waals surface area contributed by atoms with Gasteiger partial charge in [-0.15, -0.1) is 11.3 Å². The number of carbonyl (C=O) groups excluding carboxylic acids is 1. The third-order valence-corrected chi connectivity index (χ3v) is 2.50. The fourth-order valence-electron chi connectivity index (χ4n) is 0.908. The van der Waals surface area contributed by atoms with E-state index < -0.39 is 0 Å². The summed E-state index contributed by atoms with van der Waals surface area (Å²) in [5.41, 5.74) is 0.971. The van der Waals surface area contributed by atoms with Gasteiger partial charge in [-0.3, -0.25) is 4.79 Å². The monoisotopic (exact) mass is 195 g/mol. The minimum Gasteiger partial charge on any atom is -0.469 e. The molecule has 0 spiro atoms. The molecule has 0 atom stereocenters. The van der Waals surface area contributed by atoms with E-state index in [1.807, 2.05) is 11.4 Å². The number of esters is 1. The predicted octanol–water partition coefficient (Wildman–Crippen LogP) is 1.88. The Morgan fingerprint density at radius 2 is 2.54 bits per heavy atom. The Labute approximate surface area is 80.8 Å². The first-order valence-electron chi connectivity index (χ1n) is 3.72. The molecule has 0 fully saturated rings. The summed E-state index contributed by atoms with van der Waals surface area (Å²) in [6.07, 6.45) is 0.305. The predicted molar refractivity (Wildman–Crippen MR) is 50.3 cm³/mol. The first-order chi connectivity index (χ1) is 6.26. The molecule has 1 aromatic rings. The summed E-state index contributed by atoms with van der Waals surface area (Å²) in [6.45, 7) is 7.05. The molecule has 4 heteroatoms. The third-order valence-electron chi connectivity index (χ3n) is 1.52. The number of hydrogen-bond acceptors (Lipinski definition) is 3. The minimum absolute atomic E-state index is 0.240. The van der Waals surface area contributed by atoms with Crippen LogP contribution in [0.15, 0.2) is 11.4 Å². The Kier molecular flexibility index (Phi) is 3.47. The number of ether oxygens (including phenoxy) is 1. The summed E-state index contributed by atoms with van der Waals surface area (Å²) >= 11 is 1.49. The topological polar surface area (TPSA) is 30.7 Å². The van der Waals surface area contributed by atoms with Crippen molar-refractivity contribution in [1.29, 1.82) is 0 Å². The van der Waals surface area contributed by atoms with Crippen LogP contribution in [0, 0.1) is 6.57 Å². The molecule has 1 heterocycles. The largest absolute Gasteiger partial charge is 0.469 e. The van der Waals surface area contributed by atoms with Crippen LogP contribution in [0.4, 0.5) is 0 Å². The van der Waals surface area contributed by atoms with Crippen LogP contribution in [0.3, 0.4) is 0 Å². The number of methoxy groups -OCH3 is 1. The molecule has 0 aliphatic rings. The number of thiophene rings is 1. The number of rotatable bonds is 3. The molecule has 3 nitrogen and oxygen atoms in total. The first-order valence-corrected chi connectivity index (χ1v) is 4.60. The summed E-state index contributed by atoms with van der Waals surface area (Å²) in [5, 5.41) is 1.90. The van der Waals surface area contributed by atoms with Crippen molar-refractivity contribution in [1.82, 2.24) is 0 Å². The highest BCUT2D eigenvalue weighted by Crippen LogP contribution is 2.16. The Morgan fingerprint density at radius 3 is 3.15 bits per heavy atom. The summed E-state index contributed by atoms with van der Waals surface area (Å²) < 4.78 is 4.53. The molecule has 0 aliphatic heterocycles. The zero-order valence-corrected chi connectivity index (χ0v) is 8.06. The van der Waals surface area contributed by atoms with Gasteiger partial charge >= 0.3 is 5.97 Å². The summed E-state index contributed by atoms with van der Waals surface area (Å²) in [7, 11) is 1.37. The standard InChI is InChI=1S/C9H9NO2S/c1-10-5-7-3-8(13-6-7)4-9(11)12-2/h3,6H,4-5H2,2H3. The highest BCUT2D eigenvalue weighted by molar-refractivity contribution is 7.10. The van der Waals surface area contributed by atoms with Crippen molar-refractivity contribution in [2.24, 2.45) is 0 Å². The lowest BCUT2D eigenvalue weighted by atomic mass is 10.3. The fraction of sp³-hybridized carbons (Fsp3) is 0.333. The smallest absolute Gasteiger partial charge is 0.310 e. The molecule has 1 aromatic heterocycles. The molecule has 0 aromatic carbocycles. The van der Waals surface area contributed by atoms with Crippen LogP contribution < -0.4 is 0 Å². The Morgan fingerprint density at radius 1 is 1.77 bits per heavy atom. The van der Waals surface area contributed by atoms with E-state index in [1.54, 1.807) is 0 Å². The van der Waals surface area contributed by atoms with E-state index in [4.69, 9.17) is 6.57 Å². The third kappa shape index (κ3) is 2.88. The van der Waals surface area contributed by atoms with Crippen molar-refractivity contribution in [3.8, 4) is 0 Å². The van der Waals surface area contributed by atoms with Gasteiger partial charge in [0.25, 0.3) is 0 Å². The lowest BCUT2D eigenvalue weighted by Gasteiger charge is -1.93. The zero-order valence-electron chi connectivity index (χ0n) is 7.24. The van der Waals surface area contributed by atoms with E-state index in [2.05, 4.69) is 9.58 Å². The van der Waals surface area contributed by atoms with Gasteiger partial charge in [-0.2, -0.15) is 0 Å². The van der Waals surface area contributed by atoms with E-state index in [0.29, 0.717) is 13.0 Å². The molecule has 13 heavy (non-hydrogen) atoms. The molecule has 0 bridgehead atoms. The molecule has 0 radical (unpaired) electrons. The molecule has 0 aliphatic carbocycles. The van der Waals surface area contributed by atoms with Crippen LogP contribution in [0.5, 0.6) is 0 Å². The van der Waals surface area contributed by atoms with Crippen LogP contribution in [0.1, 0.15) is 10.4 Å². The maximum Gasteiger partial charge on any atom is 0.310 e. The summed E-state index contributed by atoms with van der Waals surface area (Å²) in [4.78, 5) is 15.1. The normalized spacial score (nSPS) is 9.23. The lowest BCUT2D eigenvalue weighted by molar-refractivity contribution is -0.139. The molecule has 0 amide bonds. The average Bonchev–Trinajstić information content (AvgIpc) is 2.53. The Bertz CT molecular complexity index is 338. The van der Waals surface area contributed by atoms with Crippen molar-refractivity contribution in [2.45, 2.75) is 13.0 Å². The quantitative estimate of drug-likeness (QED) is 0.544. The molecule has 0 unspecified atom stereocenters. The minimum atomic E-state index is -0.240. The van der Waals surface area contributed by atoms with Gasteiger partial charge < -0.3 is 9.58 Å². The van der Waals surface area contributed by atoms with E-state index in [-0.39, 0.29) is 5.97 Å². The molecule has 0 saturated carbocycles. The number of carbonyl (C=O) groups is 1. The van der Waals surface area contributed by atoms with Crippen molar-refractivity contribution < 1.29 is 9.53 Å². The van der Waals surface area contributed by atoms with Gasteiger partial charge in [-0.1, -0.05) is 0 Å². The Balaban J connectivity index is 2.59. The van der Waals surface area contributed by atoms with E-state index in [1.165, 1.54) is 18.4 Å². The summed E-state index contributed by atoms with van der Waals surface area (Å²) in [5.74, 6) is -0.240. The zero-order chi connectivity index (χ0) is 9.68. The van der Waals surface area contributed by atoms with Crippen molar-refractivity contribution >= 4 is 17.3 Å². The maximum atomic E-state index is 10.9. The summed E-state index contributed by atoms with van der Waals surface area (Å²) in [6, 6.07) is 1.87. The Hall–Kier alpha value is -1.34. The highest BCUT2D eigenvalue weighted by Gasteiger charge is 2.06. The second kappa shape index (κ2) is 4.63. The van der Waals surface area contributed by atoms with Gasteiger partial charge in [0.1, 0.15) is 0 Å². The van der Waals surface area contributed by atoms with E-state index in [0.717, 1.165) is 10.4 Å². The van der Waals surface area contributed by atoms with Crippen molar-refractivity contribution in [3.05, 3.63) is 33.3 Å². The molecule has 68 valence electrons. The van der Waals surface area contributed by atoms with E-state index >= 15 is 0 Å². The van der Waals surface area contributed by atoms with Gasteiger partial charge in [-0.05, 0) is 6.07 Å². The molecular weight excluding hydrogens is 186 g/mol. The lowest BCUT2D eigenvalue weighted by Crippen LogP contribution is -2.02. The molecular formula is C9H9NO2S. The number of nitrogens with zero attached hydrogens (tertiary/aromatic N) is 1. The van der Waals surface area contributed by atoms with Gasteiger partial charge in [0.05, 0.1) is 13.5 Å². The fourth-order valence-corrected chi connectivity index (χ4v) is 1.77. The van der Waals surface area contributed by atoms with Crippen molar-refractivity contribution in [2.75, 3.05) is 7.11 Å². The van der Waals surface area contributed by atoms with E-state index in [9.17, 15) is 4.79 Å². The molecule has 1 rings (SSSR count). The van der Waals surface area contributed by atoms with Crippen molar-refractivity contribution in [3.63, 3.8) is 0 Å². The van der Waals surface area contributed by atoms with Crippen LogP contribution >= 0.6 is 11.3 Å². The van der Waals surface area contributed by atoms with Crippen LogP contribution in [-0.2, 0) is 22.5 Å². The van der Waals surface area contributed by atoms with Crippen LogP contribution in [0.2, 0.25) is 0 Å². The van der Waals surface area contributed by atoms with Gasteiger partial charge in [-0.25, -0.2) is 6.57 Å². The number of hydrogen-bond donors (Lipinski definition) is 0. The SMILES string of the molecule is [C-]#[N+]Cc1csc(CC(=O)OC)c1. The van der Waals surface area contributed by atoms with Gasteiger partial charge in [0, 0.05) is 15.8 Å².